The van der Waals surface area contributed by atoms with Gasteiger partial charge in [0, 0.05) is 11.4 Å². The van der Waals surface area contributed by atoms with Crippen molar-refractivity contribution in [1.29, 1.82) is 0 Å². The third kappa shape index (κ3) is 3.85. The van der Waals surface area contributed by atoms with Crippen molar-refractivity contribution < 1.29 is 9.59 Å². The largest absolute Gasteiger partial charge is 0.326 e. The molecule has 2 amide bonds. The van der Waals surface area contributed by atoms with E-state index in [9.17, 15) is 9.59 Å². The number of carbonyl (C=O) groups is 2. The zero-order chi connectivity index (χ0) is 25.5. The van der Waals surface area contributed by atoms with Gasteiger partial charge in [-0.15, -0.1) is 0 Å². The van der Waals surface area contributed by atoms with Crippen molar-refractivity contribution in [3.05, 3.63) is 48.5 Å². The highest BCUT2D eigenvalue weighted by molar-refractivity contribution is 5.99. The molecule has 8 aliphatic carbocycles. The predicted molar refractivity (Wildman–Crippen MR) is 150 cm³/mol. The molecule has 0 aromatic heterocycles. The molecule has 2 N–H and O–H groups in total. The molecule has 10 rings (SSSR count). The number of nitrogens with one attached hydrogen (secondary N) is 2. The number of benzene rings is 2. The monoisotopic (exact) mass is 508 g/mol. The summed E-state index contributed by atoms with van der Waals surface area (Å²) in [4.78, 5) is 27.8. The number of hydrogen-bond donors (Lipinski definition) is 2. The van der Waals surface area contributed by atoms with E-state index in [0.717, 1.165) is 96.5 Å². The Balaban J connectivity index is 1.09. The molecule has 2 aromatic carbocycles. The van der Waals surface area contributed by atoms with Crippen molar-refractivity contribution in [2.75, 3.05) is 10.6 Å². The van der Waals surface area contributed by atoms with E-state index < -0.39 is 0 Å². The molecule has 0 unspecified atom stereocenters. The Morgan fingerprint density at radius 2 is 0.895 bits per heavy atom. The topological polar surface area (TPSA) is 58.2 Å². The van der Waals surface area contributed by atoms with Crippen LogP contribution in [0.4, 0.5) is 11.4 Å². The normalized spacial score (nSPS) is 39.8. The third-order valence-electron chi connectivity index (χ3n) is 11.6. The van der Waals surface area contributed by atoms with Gasteiger partial charge in [0.05, 0.1) is 10.8 Å². The van der Waals surface area contributed by atoms with Crippen LogP contribution in [0.3, 0.4) is 0 Å². The van der Waals surface area contributed by atoms with Gasteiger partial charge in [-0.1, -0.05) is 30.3 Å². The Kier molecular flexibility index (Phi) is 5.17. The van der Waals surface area contributed by atoms with Crippen LogP contribution in [0.1, 0.15) is 77.0 Å². The highest BCUT2D eigenvalue weighted by atomic mass is 16.2. The molecular weight excluding hydrogens is 468 g/mol. The molecular formula is C34H40N2O2. The first kappa shape index (κ1) is 23.3. The van der Waals surface area contributed by atoms with E-state index in [1.165, 1.54) is 38.5 Å². The molecule has 0 spiro atoms. The number of rotatable bonds is 5. The Morgan fingerprint density at radius 3 is 1.26 bits per heavy atom. The van der Waals surface area contributed by atoms with Gasteiger partial charge in [0.25, 0.3) is 0 Å². The van der Waals surface area contributed by atoms with Crippen molar-refractivity contribution in [3.63, 3.8) is 0 Å². The minimum atomic E-state index is -0.194. The first-order valence-electron chi connectivity index (χ1n) is 15.3. The summed E-state index contributed by atoms with van der Waals surface area (Å²) in [6.07, 6.45) is 14.3. The Labute approximate surface area is 226 Å². The summed E-state index contributed by atoms with van der Waals surface area (Å²) in [6.45, 7) is 0. The van der Waals surface area contributed by atoms with E-state index in [-0.39, 0.29) is 22.6 Å². The van der Waals surface area contributed by atoms with Gasteiger partial charge in [-0.25, -0.2) is 0 Å². The molecule has 0 heterocycles. The maximum atomic E-state index is 13.9. The van der Waals surface area contributed by atoms with E-state index in [1.807, 2.05) is 24.3 Å². The standard InChI is InChI=1S/C34H40N2O2/c37-31(33-15-21-6-22(16-33)8-23(7-21)17-33)35-29-12-28(27-4-2-1-3-5-27)13-30(14-29)36-32(38)34-18-24-9-25(19-34)11-26(10-24)20-34/h1-5,12-14,21-26H,6-11,15-20H2,(H,35,37)(H,36,38). The van der Waals surface area contributed by atoms with Gasteiger partial charge >= 0.3 is 0 Å². The van der Waals surface area contributed by atoms with Crippen LogP contribution in [0.2, 0.25) is 0 Å². The number of amides is 2. The van der Waals surface area contributed by atoms with Crippen LogP contribution in [0, 0.1) is 46.3 Å². The van der Waals surface area contributed by atoms with Gasteiger partial charge in [0.2, 0.25) is 11.8 Å². The van der Waals surface area contributed by atoms with Gasteiger partial charge in [0.15, 0.2) is 0 Å². The lowest BCUT2D eigenvalue weighted by Gasteiger charge is -2.55. The summed E-state index contributed by atoms with van der Waals surface area (Å²) >= 11 is 0. The molecule has 2 aromatic rings. The van der Waals surface area contributed by atoms with Crippen LogP contribution in [-0.2, 0) is 9.59 Å². The third-order valence-corrected chi connectivity index (χ3v) is 11.6. The van der Waals surface area contributed by atoms with Crippen LogP contribution < -0.4 is 10.6 Å². The van der Waals surface area contributed by atoms with Crippen molar-refractivity contribution in [1.82, 2.24) is 0 Å². The van der Waals surface area contributed by atoms with Crippen LogP contribution in [0.5, 0.6) is 0 Å². The molecule has 8 fully saturated rings. The molecule has 4 nitrogen and oxygen atoms in total. The van der Waals surface area contributed by atoms with E-state index in [0.29, 0.717) is 0 Å². The number of carbonyl (C=O) groups excluding carboxylic acids is 2. The minimum absolute atomic E-state index is 0.194. The minimum Gasteiger partial charge on any atom is -0.326 e. The van der Waals surface area contributed by atoms with E-state index in [1.54, 1.807) is 0 Å². The van der Waals surface area contributed by atoms with Gasteiger partial charge in [-0.3, -0.25) is 9.59 Å². The SMILES string of the molecule is O=C(Nc1cc(NC(=O)C23CC4CC(CC(C4)C2)C3)cc(-c2ccccc2)c1)C12CC3CC(CC(C3)C1)C2. The second kappa shape index (κ2) is 8.44. The summed E-state index contributed by atoms with van der Waals surface area (Å²) in [5.74, 6) is 4.82. The Bertz CT molecular complexity index is 1130. The maximum Gasteiger partial charge on any atom is 0.230 e. The molecule has 38 heavy (non-hydrogen) atoms. The molecule has 198 valence electrons. The Hall–Kier alpha value is -2.62. The van der Waals surface area contributed by atoms with Crippen LogP contribution in [0.25, 0.3) is 11.1 Å². The fourth-order valence-corrected chi connectivity index (χ4v) is 10.9. The summed E-state index contributed by atoms with van der Waals surface area (Å²) in [7, 11) is 0. The van der Waals surface area contributed by atoms with E-state index in [4.69, 9.17) is 0 Å². The van der Waals surface area contributed by atoms with Crippen molar-refractivity contribution >= 4 is 23.2 Å². The molecule has 0 aliphatic heterocycles. The van der Waals surface area contributed by atoms with Gasteiger partial charge < -0.3 is 10.6 Å². The highest BCUT2D eigenvalue weighted by Crippen LogP contribution is 2.61. The summed E-state index contributed by atoms with van der Waals surface area (Å²) in [6, 6.07) is 16.5. The molecule has 0 atom stereocenters. The van der Waals surface area contributed by atoms with Gasteiger partial charge in [0.1, 0.15) is 0 Å². The lowest BCUT2D eigenvalue weighted by molar-refractivity contribution is -0.140. The molecule has 8 saturated carbocycles. The highest BCUT2D eigenvalue weighted by Gasteiger charge is 2.55. The van der Waals surface area contributed by atoms with Crippen molar-refractivity contribution in [2.24, 2.45) is 46.3 Å². The van der Waals surface area contributed by atoms with E-state index in [2.05, 4.69) is 34.9 Å². The lowest BCUT2D eigenvalue weighted by atomic mass is 9.49. The number of anilines is 2. The quantitative estimate of drug-likeness (QED) is 0.435. The second-order valence-corrected chi connectivity index (χ2v) is 14.5. The smallest absolute Gasteiger partial charge is 0.230 e. The molecule has 4 heteroatoms. The molecule has 0 radical (unpaired) electrons. The first-order chi connectivity index (χ1) is 18.4. The van der Waals surface area contributed by atoms with Gasteiger partial charge in [-0.2, -0.15) is 0 Å². The zero-order valence-electron chi connectivity index (χ0n) is 22.4. The zero-order valence-corrected chi connectivity index (χ0v) is 22.4. The Morgan fingerprint density at radius 1 is 0.526 bits per heavy atom. The van der Waals surface area contributed by atoms with E-state index >= 15 is 0 Å². The van der Waals surface area contributed by atoms with Crippen molar-refractivity contribution in [3.8, 4) is 11.1 Å². The van der Waals surface area contributed by atoms with Crippen molar-refractivity contribution in [2.45, 2.75) is 77.0 Å². The second-order valence-electron chi connectivity index (χ2n) is 14.5. The van der Waals surface area contributed by atoms with Gasteiger partial charge in [-0.05, 0) is 142 Å². The summed E-state index contributed by atoms with van der Waals surface area (Å²) in [5.41, 5.74) is 3.37. The molecule has 0 saturated heterocycles. The summed E-state index contributed by atoms with van der Waals surface area (Å²) < 4.78 is 0. The molecule has 8 aliphatic rings. The predicted octanol–water partition coefficient (Wildman–Crippen LogP) is 7.66. The van der Waals surface area contributed by atoms with Crippen LogP contribution in [-0.4, -0.2) is 11.8 Å². The average molecular weight is 509 g/mol. The fraction of sp³-hybridized carbons (Fsp3) is 0.588. The number of hydrogen-bond acceptors (Lipinski definition) is 2. The maximum absolute atomic E-state index is 13.9. The lowest BCUT2D eigenvalue weighted by Crippen LogP contribution is -2.52. The average Bonchev–Trinajstić information content (AvgIpc) is 2.87. The molecule has 8 bridgehead atoms. The first-order valence-corrected chi connectivity index (χ1v) is 15.3. The fourth-order valence-electron chi connectivity index (χ4n) is 10.9. The van der Waals surface area contributed by atoms with Crippen LogP contribution in [0.15, 0.2) is 48.5 Å². The summed E-state index contributed by atoms with van der Waals surface area (Å²) in [5, 5.41) is 6.74. The van der Waals surface area contributed by atoms with Crippen LogP contribution >= 0.6 is 0 Å².